The van der Waals surface area contributed by atoms with Crippen LogP contribution in [0, 0.1) is 5.92 Å². The number of rotatable bonds is 10. The van der Waals surface area contributed by atoms with Crippen LogP contribution in [0.1, 0.15) is 43.2 Å². The Bertz CT molecular complexity index is 626. The molecule has 148 valence electrons. The van der Waals surface area contributed by atoms with Crippen LogP contribution < -0.4 is 10.6 Å². The Morgan fingerprint density at radius 2 is 2.00 bits per heavy atom. The minimum absolute atomic E-state index is 0.272. The number of hydrogen-bond donors (Lipinski definition) is 2. The van der Waals surface area contributed by atoms with E-state index in [0.29, 0.717) is 6.42 Å². The van der Waals surface area contributed by atoms with Crippen LogP contribution in [-0.2, 0) is 22.6 Å². The van der Waals surface area contributed by atoms with Crippen molar-refractivity contribution in [2.45, 2.75) is 45.2 Å². The molecule has 1 aromatic carbocycles. The smallest absolute Gasteiger partial charge is 0.222 e. The van der Waals surface area contributed by atoms with Gasteiger partial charge in [-0.1, -0.05) is 24.3 Å². The first kappa shape index (κ1) is 19.7. The van der Waals surface area contributed by atoms with Crippen LogP contribution >= 0.6 is 0 Å². The molecule has 0 bridgehead atoms. The number of likely N-dealkylation sites (tertiary alicyclic amines) is 1. The van der Waals surface area contributed by atoms with Gasteiger partial charge in [-0.15, -0.1) is 0 Å². The summed E-state index contributed by atoms with van der Waals surface area (Å²) in [6.45, 7) is 4.92. The Labute approximate surface area is 162 Å². The number of guanidine groups is 1. The number of carbonyl (C=O) groups excluding carboxylic acids is 1. The van der Waals surface area contributed by atoms with Gasteiger partial charge in [0.2, 0.25) is 5.91 Å². The molecule has 1 saturated carbocycles. The topological polar surface area (TPSA) is 66.0 Å². The van der Waals surface area contributed by atoms with Crippen molar-refractivity contribution < 1.29 is 9.53 Å². The second-order valence-corrected chi connectivity index (χ2v) is 7.46. The standard InChI is InChI=1S/C21H32N4O2/c1-22-21(23-11-3-13-27-16-19-9-10-19)24-14-17-5-7-18(8-6-17)15-25-12-2-4-20(25)26/h5-8,19H,2-4,9-16H2,1H3,(H2,22,23,24). The van der Waals surface area contributed by atoms with E-state index in [1.807, 2.05) is 4.90 Å². The van der Waals surface area contributed by atoms with Gasteiger partial charge in [-0.3, -0.25) is 9.79 Å². The number of benzene rings is 1. The highest BCUT2D eigenvalue weighted by Crippen LogP contribution is 2.28. The minimum atomic E-state index is 0.272. The molecular weight excluding hydrogens is 340 g/mol. The molecule has 0 unspecified atom stereocenters. The van der Waals surface area contributed by atoms with Crippen LogP contribution in [0.3, 0.4) is 0 Å². The quantitative estimate of drug-likeness (QED) is 0.376. The third kappa shape index (κ3) is 6.86. The molecule has 6 nitrogen and oxygen atoms in total. The highest BCUT2D eigenvalue weighted by atomic mass is 16.5. The second-order valence-electron chi connectivity index (χ2n) is 7.46. The molecule has 0 spiro atoms. The average molecular weight is 373 g/mol. The number of nitrogens with one attached hydrogen (secondary N) is 2. The van der Waals surface area contributed by atoms with E-state index in [2.05, 4.69) is 39.9 Å². The molecule has 0 aromatic heterocycles. The van der Waals surface area contributed by atoms with Gasteiger partial charge in [-0.25, -0.2) is 0 Å². The van der Waals surface area contributed by atoms with Gasteiger partial charge in [-0.05, 0) is 42.7 Å². The Balaban J connectivity index is 1.31. The third-order valence-corrected chi connectivity index (χ3v) is 5.06. The van der Waals surface area contributed by atoms with Crippen LogP contribution in [0.25, 0.3) is 0 Å². The van der Waals surface area contributed by atoms with Gasteiger partial charge in [0.15, 0.2) is 5.96 Å². The summed E-state index contributed by atoms with van der Waals surface area (Å²) < 4.78 is 5.64. The maximum Gasteiger partial charge on any atom is 0.222 e. The number of amides is 1. The highest BCUT2D eigenvalue weighted by molar-refractivity contribution is 5.79. The van der Waals surface area contributed by atoms with Crippen LogP contribution in [-0.4, -0.2) is 50.1 Å². The summed E-state index contributed by atoms with van der Waals surface area (Å²) in [5.41, 5.74) is 2.38. The minimum Gasteiger partial charge on any atom is -0.381 e. The van der Waals surface area contributed by atoms with Crippen molar-refractivity contribution >= 4 is 11.9 Å². The maximum atomic E-state index is 11.7. The van der Waals surface area contributed by atoms with Crippen LogP contribution in [0.2, 0.25) is 0 Å². The fraction of sp³-hybridized carbons (Fsp3) is 0.619. The lowest BCUT2D eigenvalue weighted by molar-refractivity contribution is -0.128. The molecule has 1 aliphatic heterocycles. The summed E-state index contributed by atoms with van der Waals surface area (Å²) >= 11 is 0. The van der Waals surface area contributed by atoms with Gasteiger partial charge < -0.3 is 20.3 Å². The van der Waals surface area contributed by atoms with Crippen LogP contribution in [0.4, 0.5) is 0 Å². The first-order valence-electron chi connectivity index (χ1n) is 10.1. The summed E-state index contributed by atoms with van der Waals surface area (Å²) in [6, 6.07) is 8.44. The SMILES string of the molecule is CN=C(NCCCOCC1CC1)NCc1ccc(CN2CCCC2=O)cc1. The Morgan fingerprint density at radius 3 is 2.67 bits per heavy atom. The largest absolute Gasteiger partial charge is 0.381 e. The molecule has 1 amide bonds. The lowest BCUT2D eigenvalue weighted by Crippen LogP contribution is -2.37. The average Bonchev–Trinajstić information content (AvgIpc) is 3.43. The van der Waals surface area contributed by atoms with E-state index < -0.39 is 0 Å². The van der Waals surface area contributed by atoms with Gasteiger partial charge in [0.25, 0.3) is 0 Å². The van der Waals surface area contributed by atoms with E-state index in [4.69, 9.17) is 4.74 Å². The molecule has 0 atom stereocenters. The van der Waals surface area contributed by atoms with E-state index in [-0.39, 0.29) is 5.91 Å². The monoisotopic (exact) mass is 372 g/mol. The molecule has 1 aliphatic carbocycles. The van der Waals surface area contributed by atoms with Gasteiger partial charge in [0.05, 0.1) is 0 Å². The molecule has 27 heavy (non-hydrogen) atoms. The Hall–Kier alpha value is -2.08. The molecule has 3 rings (SSSR count). The summed E-state index contributed by atoms with van der Waals surface area (Å²) in [7, 11) is 1.79. The fourth-order valence-corrected chi connectivity index (χ4v) is 3.18. The lowest BCUT2D eigenvalue weighted by Gasteiger charge is -2.16. The van der Waals surface area contributed by atoms with E-state index >= 15 is 0 Å². The predicted octanol–water partition coefficient (Wildman–Crippen LogP) is 2.29. The second kappa shape index (κ2) is 10.3. The molecule has 1 heterocycles. The zero-order valence-electron chi connectivity index (χ0n) is 16.4. The highest BCUT2D eigenvalue weighted by Gasteiger charge is 2.21. The number of aliphatic imine (C=N–C) groups is 1. The number of carbonyl (C=O) groups is 1. The first-order valence-corrected chi connectivity index (χ1v) is 10.1. The summed E-state index contributed by atoms with van der Waals surface area (Å²) in [4.78, 5) is 17.9. The molecular formula is C21H32N4O2. The predicted molar refractivity (Wildman–Crippen MR) is 107 cm³/mol. The summed E-state index contributed by atoms with van der Waals surface area (Å²) in [6.07, 6.45) is 5.34. The van der Waals surface area contributed by atoms with Crippen molar-refractivity contribution in [1.82, 2.24) is 15.5 Å². The van der Waals surface area contributed by atoms with Crippen molar-refractivity contribution in [3.8, 4) is 0 Å². The maximum absolute atomic E-state index is 11.7. The van der Waals surface area contributed by atoms with Crippen LogP contribution in [0.5, 0.6) is 0 Å². The van der Waals surface area contributed by atoms with E-state index in [1.165, 1.54) is 24.0 Å². The van der Waals surface area contributed by atoms with E-state index in [9.17, 15) is 4.79 Å². The Morgan fingerprint density at radius 1 is 1.22 bits per heavy atom. The van der Waals surface area contributed by atoms with Crippen molar-refractivity contribution in [3.05, 3.63) is 35.4 Å². The zero-order chi connectivity index (χ0) is 18.9. The number of ether oxygens (including phenoxy) is 1. The van der Waals surface area contributed by atoms with E-state index in [0.717, 1.165) is 64.1 Å². The van der Waals surface area contributed by atoms with Crippen LogP contribution in [0.15, 0.2) is 29.3 Å². The van der Waals surface area contributed by atoms with Crippen molar-refractivity contribution in [3.63, 3.8) is 0 Å². The lowest BCUT2D eigenvalue weighted by atomic mass is 10.1. The molecule has 1 saturated heterocycles. The van der Waals surface area contributed by atoms with Gasteiger partial charge in [0.1, 0.15) is 0 Å². The molecule has 2 fully saturated rings. The van der Waals surface area contributed by atoms with Crippen molar-refractivity contribution in [2.24, 2.45) is 10.9 Å². The first-order chi connectivity index (χ1) is 13.2. The Kier molecular flexibility index (Phi) is 7.51. The van der Waals surface area contributed by atoms with Crippen molar-refractivity contribution in [1.29, 1.82) is 0 Å². The summed E-state index contributed by atoms with van der Waals surface area (Å²) in [5.74, 6) is 1.91. The molecule has 2 N–H and O–H groups in total. The van der Waals surface area contributed by atoms with Gasteiger partial charge in [-0.2, -0.15) is 0 Å². The normalized spacial score (nSPS) is 17.4. The summed E-state index contributed by atoms with van der Waals surface area (Å²) in [5, 5.41) is 6.66. The fourth-order valence-electron chi connectivity index (χ4n) is 3.18. The molecule has 0 radical (unpaired) electrons. The molecule has 1 aromatic rings. The zero-order valence-corrected chi connectivity index (χ0v) is 16.4. The van der Waals surface area contributed by atoms with Crippen molar-refractivity contribution in [2.75, 3.05) is 33.4 Å². The van der Waals surface area contributed by atoms with E-state index in [1.54, 1.807) is 7.05 Å². The third-order valence-electron chi connectivity index (χ3n) is 5.06. The molecule has 2 aliphatic rings. The molecule has 6 heteroatoms. The number of hydrogen-bond acceptors (Lipinski definition) is 3. The number of nitrogens with zero attached hydrogens (tertiary/aromatic N) is 2. The van der Waals surface area contributed by atoms with Gasteiger partial charge in [0, 0.05) is 52.9 Å². The van der Waals surface area contributed by atoms with Gasteiger partial charge >= 0.3 is 0 Å².